The van der Waals surface area contributed by atoms with Crippen LogP contribution in [0, 0.1) is 6.92 Å². The monoisotopic (exact) mass is 350 g/mol. The number of aryl methyl sites for hydroxylation is 1. The summed E-state index contributed by atoms with van der Waals surface area (Å²) < 4.78 is 3.69. The van der Waals surface area contributed by atoms with Crippen LogP contribution >= 0.6 is 11.6 Å². The van der Waals surface area contributed by atoms with Gasteiger partial charge in [-0.25, -0.2) is 4.68 Å². The number of nitrogens with zero attached hydrogens (tertiary/aromatic N) is 3. The molecule has 5 nitrogen and oxygen atoms in total. The van der Waals surface area contributed by atoms with E-state index in [4.69, 9.17) is 11.6 Å². The van der Waals surface area contributed by atoms with Crippen molar-refractivity contribution in [3.8, 4) is 5.82 Å². The molecule has 0 aliphatic carbocycles. The zero-order valence-corrected chi connectivity index (χ0v) is 14.2. The molecule has 0 aliphatic rings. The topological polar surface area (TPSA) is 51.3 Å². The molecule has 0 atom stereocenters. The van der Waals surface area contributed by atoms with Crippen molar-refractivity contribution in [2.75, 3.05) is 5.32 Å². The van der Waals surface area contributed by atoms with E-state index in [9.17, 15) is 4.79 Å². The zero-order valence-electron chi connectivity index (χ0n) is 13.5. The van der Waals surface area contributed by atoms with Crippen molar-refractivity contribution in [1.82, 2.24) is 14.2 Å². The highest BCUT2D eigenvalue weighted by Crippen LogP contribution is 2.20. The molecule has 0 spiro atoms. The number of anilines is 1. The minimum absolute atomic E-state index is 0.278. The number of nitrogens with one attached hydrogen (secondary N) is 1. The lowest BCUT2D eigenvalue weighted by Crippen LogP contribution is -2.13. The fourth-order valence-electron chi connectivity index (χ4n) is 2.67. The first kappa shape index (κ1) is 15.5. The van der Waals surface area contributed by atoms with Gasteiger partial charge in [0.1, 0.15) is 5.82 Å². The summed E-state index contributed by atoms with van der Waals surface area (Å²) in [6, 6.07) is 17.0. The Balaban J connectivity index is 1.60. The molecule has 1 amide bonds. The summed E-state index contributed by atoms with van der Waals surface area (Å²) in [6.07, 6.45) is 3.73. The lowest BCUT2D eigenvalue weighted by atomic mass is 10.2. The van der Waals surface area contributed by atoms with E-state index in [-0.39, 0.29) is 5.91 Å². The van der Waals surface area contributed by atoms with Gasteiger partial charge in [-0.05, 0) is 55.0 Å². The number of hydrogen-bond donors (Lipinski definition) is 1. The first-order valence-electron chi connectivity index (χ1n) is 7.81. The molecule has 4 aromatic rings. The van der Waals surface area contributed by atoms with Crippen LogP contribution in [0.15, 0.2) is 67.0 Å². The third kappa shape index (κ3) is 2.90. The zero-order chi connectivity index (χ0) is 17.4. The SMILES string of the molecule is Cc1ccc(NC(=O)c2ccn(-c3ccc4ccccn34)n2)cc1Cl. The summed E-state index contributed by atoms with van der Waals surface area (Å²) >= 11 is 6.10. The lowest BCUT2D eigenvalue weighted by Gasteiger charge is -2.05. The molecule has 0 fully saturated rings. The third-order valence-corrected chi connectivity index (χ3v) is 4.43. The van der Waals surface area contributed by atoms with Gasteiger partial charge in [0.15, 0.2) is 5.69 Å². The third-order valence-electron chi connectivity index (χ3n) is 4.03. The summed E-state index contributed by atoms with van der Waals surface area (Å²) in [5.74, 6) is 0.590. The molecule has 0 saturated heterocycles. The minimum Gasteiger partial charge on any atom is -0.321 e. The fourth-order valence-corrected chi connectivity index (χ4v) is 2.85. The highest BCUT2D eigenvalue weighted by molar-refractivity contribution is 6.31. The van der Waals surface area contributed by atoms with Gasteiger partial charge in [0.25, 0.3) is 5.91 Å². The molecule has 25 heavy (non-hydrogen) atoms. The van der Waals surface area contributed by atoms with Crippen molar-refractivity contribution in [2.24, 2.45) is 0 Å². The number of aromatic nitrogens is 3. The quantitative estimate of drug-likeness (QED) is 0.597. The summed E-state index contributed by atoms with van der Waals surface area (Å²) in [5.41, 5.74) is 3.00. The fraction of sp³-hybridized carbons (Fsp3) is 0.0526. The number of fused-ring (bicyclic) bond motifs is 1. The standard InChI is InChI=1S/C19H15ClN4O/c1-13-5-6-14(12-16(13)20)21-19(25)17-9-11-24(22-17)18-8-7-15-4-2-3-10-23(15)18/h2-12H,1H3,(H,21,25). The van der Waals surface area contributed by atoms with Gasteiger partial charge in [-0.15, -0.1) is 0 Å². The van der Waals surface area contributed by atoms with E-state index in [2.05, 4.69) is 10.4 Å². The van der Waals surface area contributed by atoms with Crippen LogP contribution in [0.25, 0.3) is 11.3 Å². The van der Waals surface area contributed by atoms with Crippen LogP contribution in [-0.2, 0) is 0 Å². The van der Waals surface area contributed by atoms with E-state index in [0.717, 1.165) is 16.9 Å². The average Bonchev–Trinajstić information content (AvgIpc) is 3.24. The Morgan fingerprint density at radius 2 is 1.96 bits per heavy atom. The highest BCUT2D eigenvalue weighted by Gasteiger charge is 2.12. The van der Waals surface area contributed by atoms with Gasteiger partial charge in [-0.2, -0.15) is 5.10 Å². The maximum atomic E-state index is 12.4. The van der Waals surface area contributed by atoms with Gasteiger partial charge in [-0.3, -0.25) is 4.79 Å². The van der Waals surface area contributed by atoms with Gasteiger partial charge in [0, 0.05) is 28.6 Å². The number of carbonyl (C=O) groups is 1. The van der Waals surface area contributed by atoms with Gasteiger partial charge in [-0.1, -0.05) is 23.7 Å². The van der Waals surface area contributed by atoms with Crippen LogP contribution < -0.4 is 5.32 Å². The van der Waals surface area contributed by atoms with E-state index < -0.39 is 0 Å². The molecule has 0 bridgehead atoms. The minimum atomic E-state index is -0.278. The van der Waals surface area contributed by atoms with Gasteiger partial charge < -0.3 is 9.72 Å². The molecule has 1 N–H and O–H groups in total. The maximum absolute atomic E-state index is 12.4. The van der Waals surface area contributed by atoms with E-state index in [0.29, 0.717) is 16.4 Å². The summed E-state index contributed by atoms with van der Waals surface area (Å²) in [7, 11) is 0. The second-order valence-corrected chi connectivity index (χ2v) is 6.16. The summed E-state index contributed by atoms with van der Waals surface area (Å²) in [6.45, 7) is 1.91. The molecule has 4 rings (SSSR count). The van der Waals surface area contributed by atoms with E-state index in [1.807, 2.05) is 60.0 Å². The predicted molar refractivity (Wildman–Crippen MR) is 98.7 cm³/mol. The normalized spacial score (nSPS) is 11.0. The van der Waals surface area contributed by atoms with E-state index >= 15 is 0 Å². The Morgan fingerprint density at radius 3 is 2.80 bits per heavy atom. The molecule has 6 heteroatoms. The number of pyridine rings is 1. The van der Waals surface area contributed by atoms with E-state index in [1.54, 1.807) is 23.0 Å². The molecule has 0 aliphatic heterocycles. The van der Waals surface area contributed by atoms with Crippen molar-refractivity contribution in [3.05, 3.63) is 83.3 Å². The van der Waals surface area contributed by atoms with Crippen LogP contribution in [0.2, 0.25) is 5.02 Å². The summed E-state index contributed by atoms with van der Waals surface area (Å²) in [4.78, 5) is 12.4. The molecule has 1 aromatic carbocycles. The number of amides is 1. The Kier molecular flexibility index (Phi) is 3.78. The number of hydrogen-bond acceptors (Lipinski definition) is 2. The Labute approximate surface area is 149 Å². The second-order valence-electron chi connectivity index (χ2n) is 5.75. The molecule has 0 unspecified atom stereocenters. The average molecular weight is 351 g/mol. The number of halogens is 1. The van der Waals surface area contributed by atoms with Gasteiger partial charge in [0.05, 0.1) is 0 Å². The molecule has 0 radical (unpaired) electrons. The van der Waals surface area contributed by atoms with Crippen LogP contribution in [0.4, 0.5) is 5.69 Å². The number of rotatable bonds is 3. The lowest BCUT2D eigenvalue weighted by molar-refractivity contribution is 0.102. The van der Waals surface area contributed by atoms with E-state index in [1.165, 1.54) is 0 Å². The number of carbonyl (C=O) groups excluding carboxylic acids is 1. The van der Waals surface area contributed by atoms with Crippen LogP contribution in [-0.4, -0.2) is 20.1 Å². The molecular weight excluding hydrogens is 336 g/mol. The number of benzene rings is 1. The van der Waals surface area contributed by atoms with Crippen LogP contribution in [0.3, 0.4) is 0 Å². The van der Waals surface area contributed by atoms with Gasteiger partial charge in [0.2, 0.25) is 0 Å². The maximum Gasteiger partial charge on any atom is 0.276 e. The van der Waals surface area contributed by atoms with Gasteiger partial charge >= 0.3 is 0 Å². The first-order valence-corrected chi connectivity index (χ1v) is 8.19. The molecule has 124 valence electrons. The van der Waals surface area contributed by atoms with Crippen molar-refractivity contribution >= 4 is 28.7 Å². The Bertz CT molecular complexity index is 1080. The highest BCUT2D eigenvalue weighted by atomic mass is 35.5. The summed E-state index contributed by atoms with van der Waals surface area (Å²) in [5, 5.41) is 7.82. The molecule has 3 heterocycles. The first-order chi connectivity index (χ1) is 12.1. The Morgan fingerprint density at radius 1 is 1.08 bits per heavy atom. The van der Waals surface area contributed by atoms with Crippen molar-refractivity contribution in [1.29, 1.82) is 0 Å². The Hall–Kier alpha value is -3.05. The predicted octanol–water partition coefficient (Wildman–Crippen LogP) is 4.34. The van der Waals surface area contributed by atoms with Crippen LogP contribution in [0.1, 0.15) is 16.1 Å². The molecule has 0 saturated carbocycles. The van der Waals surface area contributed by atoms with Crippen molar-refractivity contribution in [2.45, 2.75) is 6.92 Å². The molecular formula is C19H15ClN4O. The second kappa shape index (κ2) is 6.11. The molecule has 3 aromatic heterocycles. The smallest absolute Gasteiger partial charge is 0.276 e. The largest absolute Gasteiger partial charge is 0.321 e. The van der Waals surface area contributed by atoms with Crippen LogP contribution in [0.5, 0.6) is 0 Å². The van der Waals surface area contributed by atoms with Crippen molar-refractivity contribution < 1.29 is 4.79 Å². The van der Waals surface area contributed by atoms with Crippen molar-refractivity contribution in [3.63, 3.8) is 0 Å².